The number of nitrogens with zero attached hydrogens (tertiary/aromatic N) is 3. The minimum absolute atomic E-state index is 0.0266. The third-order valence-electron chi connectivity index (χ3n) is 5.04. The van der Waals surface area contributed by atoms with Crippen LogP contribution < -0.4 is 9.62 Å². The van der Waals surface area contributed by atoms with Crippen LogP contribution >= 0.6 is 0 Å². The number of piperidine rings is 1. The summed E-state index contributed by atoms with van der Waals surface area (Å²) in [5, 5.41) is 2.90. The van der Waals surface area contributed by atoms with Gasteiger partial charge in [-0.1, -0.05) is 0 Å². The molecule has 1 aromatic rings. The molecule has 2 aliphatic heterocycles. The number of rotatable bonds is 3. The van der Waals surface area contributed by atoms with Crippen molar-refractivity contribution in [3.63, 3.8) is 0 Å². The summed E-state index contributed by atoms with van der Waals surface area (Å²) in [5.74, 6) is -0.0103. The molecule has 3 amide bonds. The fraction of sp³-hybridized carbons (Fsp3) is 0.556. The number of sulfonamides is 1. The maximum Gasteiger partial charge on any atom is 0.319 e. The molecule has 0 bridgehead atoms. The van der Waals surface area contributed by atoms with Gasteiger partial charge >= 0.3 is 6.03 Å². The maximum atomic E-state index is 12.5. The largest absolute Gasteiger partial charge is 0.331 e. The zero-order valence-electron chi connectivity index (χ0n) is 15.7. The van der Waals surface area contributed by atoms with E-state index in [1.165, 1.54) is 4.31 Å². The lowest BCUT2D eigenvalue weighted by Gasteiger charge is -2.33. The lowest BCUT2D eigenvalue weighted by molar-refractivity contribution is -0.121. The fourth-order valence-corrected chi connectivity index (χ4v) is 5.07. The third-order valence-corrected chi connectivity index (χ3v) is 6.91. The van der Waals surface area contributed by atoms with Gasteiger partial charge in [-0.15, -0.1) is 0 Å². The summed E-state index contributed by atoms with van der Waals surface area (Å²) in [5.41, 5.74) is 1.27. The Morgan fingerprint density at radius 3 is 2.22 bits per heavy atom. The van der Waals surface area contributed by atoms with E-state index in [9.17, 15) is 18.0 Å². The molecule has 0 atom stereocenters. The van der Waals surface area contributed by atoms with Crippen molar-refractivity contribution in [2.45, 2.75) is 19.3 Å². The summed E-state index contributed by atoms with van der Waals surface area (Å²) in [6.07, 6.45) is 1.90. The van der Waals surface area contributed by atoms with E-state index in [0.29, 0.717) is 50.3 Å². The van der Waals surface area contributed by atoms with Gasteiger partial charge in [0.15, 0.2) is 0 Å². The number of carbonyl (C=O) groups excluding carboxylic acids is 2. The molecule has 1 aromatic carbocycles. The molecule has 0 unspecified atom stereocenters. The molecular formula is C18H26N4O4S. The van der Waals surface area contributed by atoms with Crippen molar-refractivity contribution in [2.24, 2.45) is 5.92 Å². The lowest BCUT2D eigenvalue weighted by Crippen LogP contribution is -2.45. The van der Waals surface area contributed by atoms with Crippen molar-refractivity contribution in [3.05, 3.63) is 24.3 Å². The second kappa shape index (κ2) is 7.75. The first-order chi connectivity index (χ1) is 12.8. The number of urea groups is 1. The third kappa shape index (κ3) is 4.35. The number of hydrogen-bond donors (Lipinski definition) is 1. The minimum atomic E-state index is -3.20. The Labute approximate surface area is 160 Å². The molecule has 0 aliphatic carbocycles. The van der Waals surface area contributed by atoms with Gasteiger partial charge in [0.1, 0.15) is 0 Å². The van der Waals surface area contributed by atoms with E-state index in [-0.39, 0.29) is 23.6 Å². The number of nitrogens with one attached hydrogen (secondary N) is 1. The molecule has 2 saturated heterocycles. The monoisotopic (exact) mass is 394 g/mol. The Morgan fingerprint density at radius 2 is 1.70 bits per heavy atom. The van der Waals surface area contributed by atoms with Gasteiger partial charge in [-0.3, -0.25) is 9.10 Å². The summed E-state index contributed by atoms with van der Waals surface area (Å²) < 4.78 is 25.4. The van der Waals surface area contributed by atoms with E-state index in [1.807, 2.05) is 0 Å². The summed E-state index contributed by atoms with van der Waals surface area (Å²) >= 11 is 0. The van der Waals surface area contributed by atoms with Crippen LogP contribution in [0.4, 0.5) is 16.2 Å². The first-order valence-electron chi connectivity index (χ1n) is 9.15. The van der Waals surface area contributed by atoms with Crippen molar-refractivity contribution >= 4 is 33.3 Å². The van der Waals surface area contributed by atoms with Gasteiger partial charge in [-0.2, -0.15) is 0 Å². The maximum absolute atomic E-state index is 12.5. The van der Waals surface area contributed by atoms with Gasteiger partial charge in [-0.05, 0) is 43.5 Å². The van der Waals surface area contributed by atoms with Crippen LogP contribution in [-0.4, -0.2) is 69.6 Å². The molecule has 8 nitrogen and oxygen atoms in total. The quantitative estimate of drug-likeness (QED) is 0.842. The van der Waals surface area contributed by atoms with Crippen LogP contribution in [0.25, 0.3) is 0 Å². The fourth-order valence-electron chi connectivity index (χ4n) is 3.50. The van der Waals surface area contributed by atoms with Gasteiger partial charge in [0.05, 0.1) is 11.4 Å². The van der Waals surface area contributed by atoms with Crippen molar-refractivity contribution in [1.82, 2.24) is 9.80 Å². The van der Waals surface area contributed by atoms with E-state index >= 15 is 0 Å². The zero-order valence-corrected chi connectivity index (χ0v) is 16.5. The summed E-state index contributed by atoms with van der Waals surface area (Å²) in [6.45, 7) is 1.64. The van der Waals surface area contributed by atoms with E-state index in [4.69, 9.17) is 0 Å². The average Bonchev–Trinajstić information content (AvgIpc) is 3.01. The second-order valence-corrected chi connectivity index (χ2v) is 9.23. The van der Waals surface area contributed by atoms with E-state index in [2.05, 4.69) is 5.32 Å². The van der Waals surface area contributed by atoms with Crippen molar-refractivity contribution in [2.75, 3.05) is 49.1 Å². The van der Waals surface area contributed by atoms with Crippen molar-refractivity contribution in [3.8, 4) is 0 Å². The van der Waals surface area contributed by atoms with Gasteiger partial charge in [0, 0.05) is 45.3 Å². The highest BCUT2D eigenvalue weighted by molar-refractivity contribution is 7.93. The predicted molar refractivity (Wildman–Crippen MR) is 104 cm³/mol. The Hall–Kier alpha value is -2.29. The highest BCUT2D eigenvalue weighted by atomic mass is 32.2. The molecule has 148 valence electrons. The molecule has 0 spiro atoms. The molecule has 9 heteroatoms. The van der Waals surface area contributed by atoms with Crippen LogP contribution in [0, 0.1) is 5.92 Å². The highest BCUT2D eigenvalue weighted by Gasteiger charge is 2.29. The molecule has 2 fully saturated rings. The number of amides is 3. The molecule has 2 aliphatic rings. The molecule has 2 heterocycles. The topological polar surface area (TPSA) is 90.0 Å². The first-order valence-corrected chi connectivity index (χ1v) is 10.8. The van der Waals surface area contributed by atoms with E-state index in [0.717, 1.165) is 0 Å². The number of anilines is 2. The smallest absolute Gasteiger partial charge is 0.319 e. The van der Waals surface area contributed by atoms with Crippen LogP contribution in [0.2, 0.25) is 0 Å². The van der Waals surface area contributed by atoms with E-state index in [1.54, 1.807) is 48.2 Å². The molecule has 0 radical (unpaired) electrons. The predicted octanol–water partition coefficient (Wildman–Crippen LogP) is 1.56. The van der Waals surface area contributed by atoms with Gasteiger partial charge in [0.2, 0.25) is 15.9 Å². The van der Waals surface area contributed by atoms with Gasteiger partial charge in [0.25, 0.3) is 0 Å². The molecule has 27 heavy (non-hydrogen) atoms. The molecular weight excluding hydrogens is 368 g/mol. The van der Waals surface area contributed by atoms with E-state index < -0.39 is 10.0 Å². The number of hydrogen-bond acceptors (Lipinski definition) is 4. The number of carbonyl (C=O) groups is 2. The minimum Gasteiger partial charge on any atom is -0.331 e. The molecule has 3 rings (SSSR count). The Bertz CT molecular complexity index is 799. The summed E-state index contributed by atoms with van der Waals surface area (Å²) in [6, 6.07) is 6.87. The average molecular weight is 394 g/mol. The van der Waals surface area contributed by atoms with Crippen molar-refractivity contribution < 1.29 is 18.0 Å². The second-order valence-electron chi connectivity index (χ2n) is 7.22. The van der Waals surface area contributed by atoms with Crippen LogP contribution in [0.15, 0.2) is 24.3 Å². The zero-order chi connectivity index (χ0) is 19.6. The van der Waals surface area contributed by atoms with Crippen LogP contribution in [0.3, 0.4) is 0 Å². The van der Waals surface area contributed by atoms with Gasteiger partial charge < -0.3 is 15.1 Å². The van der Waals surface area contributed by atoms with Crippen molar-refractivity contribution in [1.29, 1.82) is 0 Å². The SMILES string of the molecule is CN(C)C(=O)N1CCC(C(=O)Nc2ccc(N3CCCS3(=O)=O)cc2)CC1. The van der Waals surface area contributed by atoms with Crippen LogP contribution in [0.5, 0.6) is 0 Å². The lowest BCUT2D eigenvalue weighted by atomic mass is 9.96. The molecule has 0 aromatic heterocycles. The molecule has 1 N–H and O–H groups in total. The van der Waals surface area contributed by atoms with Crippen LogP contribution in [-0.2, 0) is 14.8 Å². The Balaban J connectivity index is 1.55. The standard InChI is InChI=1S/C18H26N4O4S/c1-20(2)18(24)21-11-8-14(9-12-21)17(23)19-15-4-6-16(7-5-15)22-10-3-13-27(22,25)26/h4-7,14H,3,8-13H2,1-2H3,(H,19,23). The van der Waals surface area contributed by atoms with Crippen LogP contribution in [0.1, 0.15) is 19.3 Å². The number of benzene rings is 1. The molecule has 0 saturated carbocycles. The summed E-state index contributed by atoms with van der Waals surface area (Å²) in [4.78, 5) is 27.8. The Morgan fingerprint density at radius 1 is 1.07 bits per heavy atom. The van der Waals surface area contributed by atoms with Gasteiger partial charge in [-0.25, -0.2) is 13.2 Å². The normalized spacial score (nSPS) is 19.8. The highest BCUT2D eigenvalue weighted by Crippen LogP contribution is 2.26. The first kappa shape index (κ1) is 19.5. The Kier molecular flexibility index (Phi) is 5.59. The number of likely N-dealkylation sites (tertiary alicyclic amines) is 1. The summed E-state index contributed by atoms with van der Waals surface area (Å²) in [7, 11) is 0.240.